The monoisotopic (exact) mass is 714 g/mol. The fraction of sp³-hybridized carbons (Fsp3) is 0. The standard InChI is InChI=1S/C42H30N6O6/c49-37(28-16-4-1-5-17-28)52-34-25-13-10-22-31(34)43-40-46-41(44-32-23-11-14-26-35(32)53-38(50)29-18-6-2-7-19-29)48-42(47-40)45-33-24-12-15-27-36(33)54-39(51)30-20-8-3-9-21-30/h1-27H,(H3,43,44,45,46,47,48). The van der Waals surface area contributed by atoms with Crippen molar-refractivity contribution in [3.8, 4) is 17.2 Å². The van der Waals surface area contributed by atoms with Crippen molar-refractivity contribution in [1.29, 1.82) is 0 Å². The predicted octanol–water partition coefficient (Wildman–Crippen LogP) is 8.76. The lowest BCUT2D eigenvalue weighted by Gasteiger charge is -2.15. The van der Waals surface area contributed by atoms with Gasteiger partial charge in [-0.05, 0) is 72.8 Å². The molecule has 0 amide bonds. The third-order valence-electron chi connectivity index (χ3n) is 7.67. The lowest BCUT2D eigenvalue weighted by Crippen LogP contribution is -2.12. The van der Waals surface area contributed by atoms with Gasteiger partial charge in [0.1, 0.15) is 0 Å². The van der Waals surface area contributed by atoms with Crippen LogP contribution in [-0.4, -0.2) is 32.9 Å². The molecule has 0 aliphatic carbocycles. The first-order chi connectivity index (χ1) is 26.5. The van der Waals surface area contributed by atoms with Gasteiger partial charge in [-0.15, -0.1) is 0 Å². The molecule has 7 aromatic rings. The second-order valence-electron chi connectivity index (χ2n) is 11.4. The quantitative estimate of drug-likeness (QED) is 0.0819. The van der Waals surface area contributed by atoms with Crippen LogP contribution in [0.5, 0.6) is 17.2 Å². The average Bonchev–Trinajstić information content (AvgIpc) is 3.21. The number of benzene rings is 6. The van der Waals surface area contributed by atoms with E-state index in [9.17, 15) is 14.4 Å². The number of rotatable bonds is 12. The van der Waals surface area contributed by atoms with E-state index in [1.165, 1.54) is 0 Å². The molecule has 0 atom stereocenters. The lowest BCUT2D eigenvalue weighted by atomic mass is 10.2. The van der Waals surface area contributed by atoms with E-state index in [4.69, 9.17) is 14.2 Å². The molecule has 1 aromatic heterocycles. The number of hydrogen-bond donors (Lipinski definition) is 3. The molecule has 0 aliphatic rings. The molecule has 0 saturated heterocycles. The molecule has 12 heteroatoms. The summed E-state index contributed by atoms with van der Waals surface area (Å²) in [6.45, 7) is 0. The van der Waals surface area contributed by atoms with E-state index in [-0.39, 0.29) is 35.1 Å². The third kappa shape index (κ3) is 8.71. The van der Waals surface area contributed by atoms with Gasteiger partial charge in [-0.2, -0.15) is 15.0 Å². The zero-order valence-electron chi connectivity index (χ0n) is 28.4. The highest BCUT2D eigenvalue weighted by Crippen LogP contribution is 2.32. The molecule has 1 heterocycles. The van der Waals surface area contributed by atoms with Crippen LogP contribution >= 0.6 is 0 Å². The van der Waals surface area contributed by atoms with Gasteiger partial charge in [-0.25, -0.2) is 14.4 Å². The molecule has 0 aliphatic heterocycles. The van der Waals surface area contributed by atoms with Crippen LogP contribution in [0.3, 0.4) is 0 Å². The number of hydrogen-bond acceptors (Lipinski definition) is 12. The van der Waals surface area contributed by atoms with Gasteiger partial charge in [0, 0.05) is 0 Å². The van der Waals surface area contributed by atoms with Crippen molar-refractivity contribution in [2.45, 2.75) is 0 Å². The minimum atomic E-state index is -0.548. The second-order valence-corrected chi connectivity index (χ2v) is 11.4. The SMILES string of the molecule is O=C(Oc1ccccc1Nc1nc(Nc2ccccc2OC(=O)c2ccccc2)nc(Nc2ccccc2OC(=O)c2ccccc2)n1)c1ccccc1. The van der Waals surface area contributed by atoms with Crippen LogP contribution in [-0.2, 0) is 0 Å². The van der Waals surface area contributed by atoms with Crippen molar-refractivity contribution in [1.82, 2.24) is 15.0 Å². The largest absolute Gasteiger partial charge is 0.421 e. The van der Waals surface area contributed by atoms with Gasteiger partial charge in [0.25, 0.3) is 0 Å². The van der Waals surface area contributed by atoms with Crippen LogP contribution in [0.4, 0.5) is 34.9 Å². The highest BCUT2D eigenvalue weighted by molar-refractivity contribution is 5.93. The van der Waals surface area contributed by atoms with Crippen LogP contribution in [0.2, 0.25) is 0 Å². The summed E-state index contributed by atoms with van der Waals surface area (Å²) in [5, 5.41) is 9.38. The molecule has 6 aromatic carbocycles. The first-order valence-electron chi connectivity index (χ1n) is 16.6. The Bertz CT molecular complexity index is 2130. The second kappa shape index (κ2) is 16.4. The molecule has 0 unspecified atom stereocenters. The van der Waals surface area contributed by atoms with Crippen LogP contribution in [0.25, 0.3) is 0 Å². The molecule has 264 valence electrons. The van der Waals surface area contributed by atoms with Gasteiger partial charge in [-0.3, -0.25) is 0 Å². The van der Waals surface area contributed by atoms with Crippen LogP contribution < -0.4 is 30.2 Å². The number of nitrogens with zero attached hydrogens (tertiary/aromatic N) is 3. The van der Waals surface area contributed by atoms with Gasteiger partial charge < -0.3 is 30.2 Å². The highest BCUT2D eigenvalue weighted by atomic mass is 16.5. The Balaban J connectivity index is 1.21. The van der Waals surface area contributed by atoms with Gasteiger partial charge in [0.05, 0.1) is 33.8 Å². The summed E-state index contributed by atoms with van der Waals surface area (Å²) in [5.74, 6) is -0.802. The van der Waals surface area contributed by atoms with Crippen LogP contribution in [0.15, 0.2) is 164 Å². The van der Waals surface area contributed by atoms with Crippen molar-refractivity contribution in [2.24, 2.45) is 0 Å². The number of anilines is 6. The van der Waals surface area contributed by atoms with E-state index < -0.39 is 17.9 Å². The summed E-state index contributed by atoms with van der Waals surface area (Å²) in [5.41, 5.74) is 2.30. The summed E-state index contributed by atoms with van der Waals surface area (Å²) < 4.78 is 17.2. The summed E-state index contributed by atoms with van der Waals surface area (Å²) in [4.78, 5) is 52.6. The van der Waals surface area contributed by atoms with Crippen molar-refractivity contribution in [2.75, 3.05) is 16.0 Å². The number of esters is 3. The third-order valence-corrected chi connectivity index (χ3v) is 7.67. The predicted molar refractivity (Wildman–Crippen MR) is 203 cm³/mol. The first-order valence-corrected chi connectivity index (χ1v) is 16.6. The van der Waals surface area contributed by atoms with E-state index >= 15 is 0 Å². The Hall–Kier alpha value is -7.86. The maximum absolute atomic E-state index is 12.9. The summed E-state index contributed by atoms with van der Waals surface area (Å²) in [7, 11) is 0. The highest BCUT2D eigenvalue weighted by Gasteiger charge is 2.18. The number of nitrogens with one attached hydrogen (secondary N) is 3. The topological polar surface area (TPSA) is 154 Å². The summed E-state index contributed by atoms with van der Waals surface area (Å²) >= 11 is 0. The van der Waals surface area contributed by atoms with Crippen LogP contribution in [0.1, 0.15) is 31.1 Å². The molecular weight excluding hydrogens is 684 g/mol. The van der Waals surface area contributed by atoms with Crippen molar-refractivity contribution >= 4 is 52.8 Å². The van der Waals surface area contributed by atoms with E-state index in [2.05, 4.69) is 30.9 Å². The Labute approximate surface area is 309 Å². The van der Waals surface area contributed by atoms with Gasteiger partial charge in [0.2, 0.25) is 17.8 Å². The zero-order chi connectivity index (χ0) is 37.1. The molecule has 0 saturated carbocycles. The average molecular weight is 715 g/mol. The molecule has 0 fully saturated rings. The van der Waals surface area contributed by atoms with Gasteiger partial charge >= 0.3 is 17.9 Å². The van der Waals surface area contributed by atoms with Crippen molar-refractivity contribution in [3.05, 3.63) is 180 Å². The van der Waals surface area contributed by atoms with E-state index in [1.807, 2.05) is 18.2 Å². The Morgan fingerprint density at radius 2 is 0.574 bits per heavy atom. The van der Waals surface area contributed by atoms with Crippen molar-refractivity contribution in [3.63, 3.8) is 0 Å². The van der Waals surface area contributed by atoms with E-state index in [1.54, 1.807) is 146 Å². The van der Waals surface area contributed by atoms with Crippen LogP contribution in [0, 0.1) is 0 Å². The Morgan fingerprint density at radius 1 is 0.333 bits per heavy atom. The lowest BCUT2D eigenvalue weighted by molar-refractivity contribution is 0.0726. The van der Waals surface area contributed by atoms with Gasteiger partial charge in [-0.1, -0.05) is 91.0 Å². The summed E-state index contributed by atoms with van der Waals surface area (Å²) in [6.07, 6.45) is 0. The molecule has 0 radical (unpaired) electrons. The minimum Gasteiger partial charge on any atom is -0.421 e. The number of aromatic nitrogens is 3. The fourth-order valence-electron chi connectivity index (χ4n) is 5.08. The smallest absolute Gasteiger partial charge is 0.343 e. The molecule has 54 heavy (non-hydrogen) atoms. The number of carbonyl (C=O) groups is 3. The first kappa shape index (κ1) is 34.6. The Morgan fingerprint density at radius 3 is 0.852 bits per heavy atom. The minimum absolute atomic E-state index is 0.0516. The van der Waals surface area contributed by atoms with Gasteiger partial charge in [0.15, 0.2) is 17.2 Å². The number of carbonyl (C=O) groups excluding carboxylic acids is 3. The molecular formula is C42H30N6O6. The Kier molecular flexibility index (Phi) is 10.5. The molecule has 0 bridgehead atoms. The number of ether oxygens (including phenoxy) is 3. The molecule has 7 rings (SSSR count). The normalized spacial score (nSPS) is 10.4. The summed E-state index contributed by atoms with van der Waals surface area (Å²) in [6, 6.07) is 46.3. The fourth-order valence-corrected chi connectivity index (χ4v) is 5.08. The molecule has 3 N–H and O–H groups in total. The van der Waals surface area contributed by atoms with Crippen molar-refractivity contribution < 1.29 is 28.6 Å². The zero-order valence-corrected chi connectivity index (χ0v) is 28.4. The molecule has 0 spiro atoms. The van der Waals surface area contributed by atoms with E-state index in [0.717, 1.165) is 0 Å². The van der Waals surface area contributed by atoms with E-state index in [0.29, 0.717) is 33.8 Å². The molecule has 12 nitrogen and oxygen atoms in total. The maximum atomic E-state index is 12.9. The number of para-hydroxylation sites is 6. The maximum Gasteiger partial charge on any atom is 0.343 e.